The lowest BCUT2D eigenvalue weighted by atomic mass is 10.1. The molecule has 1 aliphatic heterocycles. The van der Waals surface area contributed by atoms with E-state index in [1.165, 1.54) is 5.56 Å². The Hall–Kier alpha value is -1.84. The zero-order chi connectivity index (χ0) is 18.5. The van der Waals surface area contributed by atoms with E-state index in [0.29, 0.717) is 13.0 Å². The molecule has 1 unspecified atom stereocenters. The first-order valence-electron chi connectivity index (χ1n) is 9.29. The maximum absolute atomic E-state index is 11.6. The van der Waals surface area contributed by atoms with Crippen LogP contribution in [0.25, 0.3) is 5.65 Å². The summed E-state index contributed by atoms with van der Waals surface area (Å²) in [5.74, 6) is 1.02. The summed E-state index contributed by atoms with van der Waals surface area (Å²) in [5.41, 5.74) is 3.22. The molecule has 2 aromatic rings. The van der Waals surface area contributed by atoms with Crippen LogP contribution in [0.2, 0.25) is 0 Å². The van der Waals surface area contributed by atoms with Gasteiger partial charge in [-0.25, -0.2) is 4.98 Å². The number of amides is 1. The molecule has 148 valence electrons. The second kappa shape index (κ2) is 9.91. The molecule has 1 atom stereocenters. The number of likely N-dealkylation sites (tertiary alicyclic amines) is 1. The minimum absolute atomic E-state index is 0. The van der Waals surface area contributed by atoms with Crippen LogP contribution in [0.4, 0.5) is 0 Å². The highest BCUT2D eigenvalue weighted by Gasteiger charge is 2.23. The summed E-state index contributed by atoms with van der Waals surface area (Å²) in [7, 11) is 1.85. The number of nitrogens with zero attached hydrogens (tertiary/aromatic N) is 4. The Labute approximate surface area is 177 Å². The number of nitrogens with one attached hydrogen (secondary N) is 2. The number of carbonyl (C=O) groups excluding carboxylic acids is 1. The summed E-state index contributed by atoms with van der Waals surface area (Å²) in [6.45, 7) is 6.32. The molecule has 0 aromatic carbocycles. The zero-order valence-electron chi connectivity index (χ0n) is 16.2. The number of halogens is 1. The maximum atomic E-state index is 11.6. The van der Waals surface area contributed by atoms with Crippen molar-refractivity contribution in [3.63, 3.8) is 0 Å². The van der Waals surface area contributed by atoms with Crippen molar-refractivity contribution >= 4 is 41.5 Å². The number of aromatic nitrogens is 2. The van der Waals surface area contributed by atoms with E-state index in [-0.39, 0.29) is 35.9 Å². The molecule has 0 radical (unpaired) electrons. The second-order valence-electron chi connectivity index (χ2n) is 6.82. The van der Waals surface area contributed by atoms with Crippen LogP contribution in [0.3, 0.4) is 0 Å². The van der Waals surface area contributed by atoms with Crippen molar-refractivity contribution < 1.29 is 4.79 Å². The van der Waals surface area contributed by atoms with Crippen molar-refractivity contribution in [3.05, 3.63) is 35.8 Å². The number of carbonyl (C=O) groups is 1. The first-order chi connectivity index (χ1) is 12.6. The molecule has 0 aliphatic carbocycles. The normalized spacial score (nSPS) is 17.7. The molecule has 1 fully saturated rings. The van der Waals surface area contributed by atoms with Gasteiger partial charge in [-0.15, -0.1) is 24.0 Å². The van der Waals surface area contributed by atoms with Crippen LogP contribution >= 0.6 is 24.0 Å². The van der Waals surface area contributed by atoms with Gasteiger partial charge in [-0.2, -0.15) is 0 Å². The van der Waals surface area contributed by atoms with Crippen LogP contribution in [-0.4, -0.2) is 58.9 Å². The number of aliphatic imine (C=N–C) groups is 1. The topological polar surface area (TPSA) is 74.0 Å². The predicted molar refractivity (Wildman–Crippen MR) is 119 cm³/mol. The molecule has 27 heavy (non-hydrogen) atoms. The number of guanidine groups is 1. The fourth-order valence-corrected chi connectivity index (χ4v) is 3.25. The third-order valence-corrected chi connectivity index (χ3v) is 4.68. The maximum Gasteiger partial charge on any atom is 0.222 e. The average Bonchev–Trinajstić information content (AvgIpc) is 3.03. The van der Waals surface area contributed by atoms with E-state index in [0.717, 1.165) is 43.2 Å². The number of hydrogen-bond donors (Lipinski definition) is 2. The molecule has 3 rings (SSSR count). The molecule has 0 spiro atoms. The first kappa shape index (κ1) is 21.5. The monoisotopic (exact) mass is 484 g/mol. The van der Waals surface area contributed by atoms with Crippen LogP contribution in [0.5, 0.6) is 0 Å². The zero-order valence-corrected chi connectivity index (χ0v) is 18.6. The predicted octanol–water partition coefficient (Wildman–Crippen LogP) is 1.98. The number of hydrogen-bond acceptors (Lipinski definition) is 3. The van der Waals surface area contributed by atoms with Crippen molar-refractivity contribution in [1.82, 2.24) is 24.9 Å². The van der Waals surface area contributed by atoms with Crippen molar-refractivity contribution in [3.8, 4) is 0 Å². The molecule has 0 bridgehead atoms. The van der Waals surface area contributed by atoms with E-state index >= 15 is 0 Å². The van der Waals surface area contributed by atoms with E-state index in [4.69, 9.17) is 4.98 Å². The third-order valence-electron chi connectivity index (χ3n) is 4.68. The summed E-state index contributed by atoms with van der Waals surface area (Å²) >= 11 is 0. The largest absolute Gasteiger partial charge is 0.357 e. The standard InChI is InChI=1S/C19H28N6O.HI/c1-4-20-19(23-15-7-8-17(26)24(3)12-15)21-10-9-16-13-25-11-5-6-14(2)18(25)22-16;/h5-6,11,13,15H,4,7-10,12H2,1-3H3,(H2,20,21,23);1H. The third kappa shape index (κ3) is 5.57. The molecule has 2 N–H and O–H groups in total. The Kier molecular flexibility index (Phi) is 7.88. The molecule has 2 aromatic heterocycles. The second-order valence-corrected chi connectivity index (χ2v) is 6.82. The lowest BCUT2D eigenvalue weighted by molar-refractivity contribution is -0.132. The fourth-order valence-electron chi connectivity index (χ4n) is 3.25. The summed E-state index contributed by atoms with van der Waals surface area (Å²) in [6.07, 6.45) is 6.32. The first-order valence-corrected chi connectivity index (χ1v) is 9.29. The van der Waals surface area contributed by atoms with Gasteiger partial charge in [0, 0.05) is 58.0 Å². The number of fused-ring (bicyclic) bond motifs is 1. The highest BCUT2D eigenvalue weighted by molar-refractivity contribution is 14.0. The summed E-state index contributed by atoms with van der Waals surface area (Å²) in [5, 5.41) is 6.74. The number of rotatable bonds is 5. The fraction of sp³-hybridized carbons (Fsp3) is 0.526. The summed E-state index contributed by atoms with van der Waals surface area (Å²) < 4.78 is 2.06. The minimum atomic E-state index is 0. The smallest absolute Gasteiger partial charge is 0.222 e. The highest BCUT2D eigenvalue weighted by atomic mass is 127. The molecular formula is C19H29IN6O. The molecular weight excluding hydrogens is 455 g/mol. The number of aryl methyl sites for hydroxylation is 1. The van der Waals surface area contributed by atoms with E-state index < -0.39 is 0 Å². The van der Waals surface area contributed by atoms with Crippen molar-refractivity contribution in [2.75, 3.05) is 26.7 Å². The summed E-state index contributed by atoms with van der Waals surface area (Å²) in [6, 6.07) is 4.35. The number of imidazole rings is 1. The number of likely N-dealkylation sites (N-methyl/N-ethyl adjacent to an activating group) is 1. The van der Waals surface area contributed by atoms with Gasteiger partial charge in [0.15, 0.2) is 5.96 Å². The molecule has 3 heterocycles. The highest BCUT2D eigenvalue weighted by Crippen LogP contribution is 2.11. The van der Waals surface area contributed by atoms with E-state index in [9.17, 15) is 4.79 Å². The number of pyridine rings is 1. The lowest BCUT2D eigenvalue weighted by Gasteiger charge is -2.31. The molecule has 8 heteroatoms. The quantitative estimate of drug-likeness (QED) is 0.387. The average molecular weight is 484 g/mol. The molecule has 1 aliphatic rings. The molecule has 0 saturated carbocycles. The van der Waals surface area contributed by atoms with Gasteiger partial charge < -0.3 is 19.9 Å². The minimum Gasteiger partial charge on any atom is -0.357 e. The van der Waals surface area contributed by atoms with Crippen LogP contribution < -0.4 is 10.6 Å². The van der Waals surface area contributed by atoms with Crippen molar-refractivity contribution in [1.29, 1.82) is 0 Å². The van der Waals surface area contributed by atoms with Gasteiger partial charge in [0.25, 0.3) is 0 Å². The van der Waals surface area contributed by atoms with E-state index in [2.05, 4.69) is 46.1 Å². The van der Waals surface area contributed by atoms with E-state index in [1.54, 1.807) is 4.90 Å². The SMILES string of the molecule is CCNC(=NCCc1cn2cccc(C)c2n1)NC1CCC(=O)N(C)C1.I. The van der Waals surface area contributed by atoms with Crippen LogP contribution in [0.1, 0.15) is 31.0 Å². The Morgan fingerprint density at radius 1 is 1.44 bits per heavy atom. The Morgan fingerprint density at radius 2 is 2.26 bits per heavy atom. The number of piperidine rings is 1. The lowest BCUT2D eigenvalue weighted by Crippen LogP contribution is -2.51. The van der Waals surface area contributed by atoms with E-state index in [1.807, 2.05) is 19.3 Å². The van der Waals surface area contributed by atoms with Crippen molar-refractivity contribution in [2.24, 2.45) is 4.99 Å². The van der Waals surface area contributed by atoms with Gasteiger partial charge in [-0.1, -0.05) is 6.07 Å². The van der Waals surface area contributed by atoms with Gasteiger partial charge in [-0.3, -0.25) is 9.79 Å². The van der Waals surface area contributed by atoms with Crippen LogP contribution in [0, 0.1) is 6.92 Å². The summed E-state index contributed by atoms with van der Waals surface area (Å²) in [4.78, 5) is 22.8. The van der Waals surface area contributed by atoms with Crippen molar-refractivity contribution in [2.45, 2.75) is 39.2 Å². The van der Waals surface area contributed by atoms with Gasteiger partial charge in [0.05, 0.1) is 5.69 Å². The molecule has 1 amide bonds. The van der Waals surface area contributed by atoms with Gasteiger partial charge >= 0.3 is 0 Å². The Morgan fingerprint density at radius 3 is 2.96 bits per heavy atom. The van der Waals surface area contributed by atoms with Gasteiger partial charge in [-0.05, 0) is 31.9 Å². The molecule has 7 nitrogen and oxygen atoms in total. The van der Waals surface area contributed by atoms with Crippen LogP contribution in [0.15, 0.2) is 29.5 Å². The van der Waals surface area contributed by atoms with Gasteiger partial charge in [0.1, 0.15) is 5.65 Å². The molecule has 1 saturated heterocycles. The Balaban J connectivity index is 0.00000261. The Bertz CT molecular complexity index is 803. The van der Waals surface area contributed by atoms with Crippen LogP contribution in [-0.2, 0) is 11.2 Å². The van der Waals surface area contributed by atoms with Gasteiger partial charge in [0.2, 0.25) is 5.91 Å².